The van der Waals surface area contributed by atoms with E-state index in [0.717, 1.165) is 0 Å². The van der Waals surface area contributed by atoms with Crippen LogP contribution in [0.5, 0.6) is 11.5 Å². The van der Waals surface area contributed by atoms with Crippen molar-refractivity contribution in [3.8, 4) is 11.5 Å². The zero-order valence-electron chi connectivity index (χ0n) is 6.82. The largest absolute Gasteiger partial charge is 0.506 e. The summed E-state index contributed by atoms with van der Waals surface area (Å²) in [4.78, 5) is 10.4. The fraction of sp³-hybridized carbons (Fsp3) is 0.125. The molecule has 0 aliphatic rings. The number of hydrogen-bond donors (Lipinski definition) is 4. The first-order valence-electron chi connectivity index (χ1n) is 3.64. The second-order valence-corrected chi connectivity index (χ2v) is 2.49. The summed E-state index contributed by atoms with van der Waals surface area (Å²) in [5, 5.41) is 21.0. The predicted octanol–water partition coefficient (Wildman–Crippen LogP) is -0.00500. The first-order valence-corrected chi connectivity index (χ1v) is 3.64. The molecule has 0 aliphatic carbocycles. The minimum absolute atomic E-state index is 0.112. The van der Waals surface area contributed by atoms with Crippen molar-refractivity contribution >= 4 is 11.6 Å². The van der Waals surface area contributed by atoms with Crippen LogP contribution < -0.4 is 11.1 Å². The highest BCUT2D eigenvalue weighted by Gasteiger charge is 2.06. The molecule has 0 heterocycles. The van der Waals surface area contributed by atoms with Crippen molar-refractivity contribution in [2.24, 2.45) is 5.73 Å². The van der Waals surface area contributed by atoms with Crippen molar-refractivity contribution in [3.63, 3.8) is 0 Å². The average Bonchev–Trinajstić information content (AvgIpc) is 2.03. The standard InChI is InChI=1S/C8H10N2O3/c9-7(13)4-10-8-5(11)2-1-3-6(8)12/h1-3,10-12H,4H2,(H2,9,13). The topological polar surface area (TPSA) is 95.6 Å². The smallest absolute Gasteiger partial charge is 0.236 e. The van der Waals surface area contributed by atoms with E-state index in [9.17, 15) is 15.0 Å². The van der Waals surface area contributed by atoms with Crippen LogP contribution in [-0.4, -0.2) is 22.7 Å². The van der Waals surface area contributed by atoms with Gasteiger partial charge in [-0.3, -0.25) is 4.79 Å². The number of hydrogen-bond acceptors (Lipinski definition) is 4. The number of rotatable bonds is 3. The molecule has 1 aromatic rings. The highest BCUT2D eigenvalue weighted by Crippen LogP contribution is 2.31. The molecule has 0 atom stereocenters. The van der Waals surface area contributed by atoms with Crippen LogP contribution >= 0.6 is 0 Å². The number of nitrogens with two attached hydrogens (primary N) is 1. The summed E-state index contributed by atoms with van der Waals surface area (Å²) in [7, 11) is 0. The zero-order valence-corrected chi connectivity index (χ0v) is 6.82. The van der Waals surface area contributed by atoms with Gasteiger partial charge in [-0.2, -0.15) is 0 Å². The Kier molecular flexibility index (Phi) is 2.59. The third-order valence-corrected chi connectivity index (χ3v) is 1.46. The van der Waals surface area contributed by atoms with Crippen molar-refractivity contribution < 1.29 is 15.0 Å². The van der Waals surface area contributed by atoms with Crippen LogP contribution in [0.3, 0.4) is 0 Å². The first kappa shape index (κ1) is 9.18. The number of phenols is 2. The van der Waals surface area contributed by atoms with Gasteiger partial charge in [-0.1, -0.05) is 6.07 Å². The Balaban J connectivity index is 2.81. The molecule has 0 spiro atoms. The number of nitrogens with one attached hydrogen (secondary N) is 1. The summed E-state index contributed by atoms with van der Waals surface area (Å²) in [6, 6.07) is 4.27. The summed E-state index contributed by atoms with van der Waals surface area (Å²) < 4.78 is 0. The van der Waals surface area contributed by atoms with Crippen LogP contribution in [0.4, 0.5) is 5.69 Å². The lowest BCUT2D eigenvalue weighted by Gasteiger charge is -2.07. The maximum atomic E-state index is 10.4. The van der Waals surface area contributed by atoms with E-state index in [0.29, 0.717) is 0 Å². The lowest BCUT2D eigenvalue weighted by molar-refractivity contribution is -0.116. The van der Waals surface area contributed by atoms with Crippen molar-refractivity contribution in [3.05, 3.63) is 18.2 Å². The quantitative estimate of drug-likeness (QED) is 0.494. The molecule has 0 saturated carbocycles. The molecule has 1 rings (SSSR count). The third-order valence-electron chi connectivity index (χ3n) is 1.46. The van der Waals surface area contributed by atoms with Gasteiger partial charge in [0.2, 0.25) is 5.91 Å². The van der Waals surface area contributed by atoms with E-state index in [-0.39, 0.29) is 23.7 Å². The van der Waals surface area contributed by atoms with E-state index in [4.69, 9.17) is 5.73 Å². The van der Waals surface area contributed by atoms with Gasteiger partial charge in [0, 0.05) is 0 Å². The molecule has 0 unspecified atom stereocenters. The fourth-order valence-corrected chi connectivity index (χ4v) is 0.885. The molecule has 0 saturated heterocycles. The van der Waals surface area contributed by atoms with Gasteiger partial charge in [-0.25, -0.2) is 0 Å². The minimum atomic E-state index is -0.567. The van der Waals surface area contributed by atoms with Crippen molar-refractivity contribution in [2.75, 3.05) is 11.9 Å². The van der Waals surface area contributed by atoms with Gasteiger partial charge in [0.05, 0.1) is 6.54 Å². The summed E-state index contributed by atoms with van der Waals surface area (Å²) in [5.41, 5.74) is 4.99. The normalized spacial score (nSPS) is 9.54. The average molecular weight is 182 g/mol. The van der Waals surface area contributed by atoms with Crippen LogP contribution in [0.2, 0.25) is 0 Å². The van der Waals surface area contributed by atoms with Gasteiger partial charge in [0.25, 0.3) is 0 Å². The molecule has 70 valence electrons. The molecule has 5 heteroatoms. The number of amides is 1. The summed E-state index contributed by atoms with van der Waals surface area (Å²) >= 11 is 0. The van der Waals surface area contributed by atoms with E-state index in [1.54, 1.807) is 0 Å². The van der Waals surface area contributed by atoms with E-state index < -0.39 is 5.91 Å². The number of benzene rings is 1. The molecule has 0 radical (unpaired) electrons. The molecule has 5 nitrogen and oxygen atoms in total. The lowest BCUT2D eigenvalue weighted by Crippen LogP contribution is -2.21. The lowest BCUT2D eigenvalue weighted by atomic mass is 10.2. The number of carbonyl (C=O) groups excluding carboxylic acids is 1. The Hall–Kier alpha value is -1.91. The van der Waals surface area contributed by atoms with E-state index in [1.807, 2.05) is 0 Å². The monoisotopic (exact) mass is 182 g/mol. The van der Waals surface area contributed by atoms with Gasteiger partial charge < -0.3 is 21.3 Å². The number of carbonyl (C=O) groups is 1. The molecule has 0 fully saturated rings. The van der Waals surface area contributed by atoms with Gasteiger partial charge in [-0.05, 0) is 12.1 Å². The van der Waals surface area contributed by atoms with Gasteiger partial charge in [0.1, 0.15) is 17.2 Å². The zero-order chi connectivity index (χ0) is 9.84. The summed E-state index contributed by atoms with van der Waals surface area (Å²) in [5.74, 6) is -0.815. The number of phenolic OH excluding ortho intramolecular Hbond substituents is 2. The first-order chi connectivity index (χ1) is 6.11. The maximum absolute atomic E-state index is 10.4. The Morgan fingerprint density at radius 3 is 2.38 bits per heavy atom. The molecule has 0 aromatic heterocycles. The SMILES string of the molecule is NC(=O)CNc1c(O)cccc1O. The van der Waals surface area contributed by atoms with E-state index in [1.165, 1.54) is 18.2 Å². The molecular formula is C8H10N2O3. The highest BCUT2D eigenvalue weighted by molar-refractivity contribution is 5.80. The Morgan fingerprint density at radius 2 is 1.92 bits per heavy atom. The van der Waals surface area contributed by atoms with E-state index in [2.05, 4.69) is 5.32 Å². The summed E-state index contributed by atoms with van der Waals surface area (Å²) in [6.07, 6.45) is 0. The van der Waals surface area contributed by atoms with Gasteiger partial charge >= 0.3 is 0 Å². The minimum Gasteiger partial charge on any atom is -0.506 e. The van der Waals surface area contributed by atoms with Crippen LogP contribution in [-0.2, 0) is 4.79 Å². The molecule has 13 heavy (non-hydrogen) atoms. The molecular weight excluding hydrogens is 172 g/mol. The second kappa shape index (κ2) is 3.66. The molecule has 1 amide bonds. The Morgan fingerprint density at radius 1 is 1.38 bits per heavy atom. The predicted molar refractivity (Wildman–Crippen MR) is 47.5 cm³/mol. The van der Waals surface area contributed by atoms with Gasteiger partial charge in [0.15, 0.2) is 0 Å². The van der Waals surface area contributed by atoms with E-state index >= 15 is 0 Å². The van der Waals surface area contributed by atoms with Crippen LogP contribution in [0.15, 0.2) is 18.2 Å². The van der Waals surface area contributed by atoms with Crippen molar-refractivity contribution in [1.29, 1.82) is 0 Å². The van der Waals surface area contributed by atoms with Crippen LogP contribution in [0, 0.1) is 0 Å². The number of primary amides is 1. The third kappa shape index (κ3) is 2.26. The highest BCUT2D eigenvalue weighted by atomic mass is 16.3. The number of para-hydroxylation sites is 1. The Bertz CT molecular complexity index is 305. The summed E-state index contributed by atoms with van der Waals surface area (Å²) in [6.45, 7) is -0.134. The van der Waals surface area contributed by atoms with Crippen molar-refractivity contribution in [2.45, 2.75) is 0 Å². The van der Waals surface area contributed by atoms with Crippen LogP contribution in [0.1, 0.15) is 0 Å². The molecule has 0 bridgehead atoms. The molecule has 5 N–H and O–H groups in total. The molecule has 1 aromatic carbocycles. The van der Waals surface area contributed by atoms with Crippen molar-refractivity contribution in [1.82, 2.24) is 0 Å². The maximum Gasteiger partial charge on any atom is 0.236 e. The number of aromatic hydroxyl groups is 2. The fourth-order valence-electron chi connectivity index (χ4n) is 0.885. The van der Waals surface area contributed by atoms with Gasteiger partial charge in [-0.15, -0.1) is 0 Å². The molecule has 0 aliphatic heterocycles. The van der Waals surface area contributed by atoms with Crippen LogP contribution in [0.25, 0.3) is 0 Å². The Labute approximate surface area is 74.8 Å². The number of anilines is 1. The second-order valence-electron chi connectivity index (χ2n) is 2.49.